The van der Waals surface area contributed by atoms with Crippen LogP contribution in [0.15, 0.2) is 35.7 Å². The molecule has 4 nitrogen and oxygen atoms in total. The van der Waals surface area contributed by atoms with Gasteiger partial charge in [-0.25, -0.2) is 0 Å². The summed E-state index contributed by atoms with van der Waals surface area (Å²) < 4.78 is 11.0. The van der Waals surface area contributed by atoms with E-state index in [1.165, 1.54) is 0 Å². The van der Waals surface area contributed by atoms with Gasteiger partial charge in [0.15, 0.2) is 0 Å². The van der Waals surface area contributed by atoms with Gasteiger partial charge >= 0.3 is 0 Å². The second-order valence-corrected chi connectivity index (χ2v) is 4.31. The summed E-state index contributed by atoms with van der Waals surface area (Å²) in [6.07, 6.45) is 11.9. The van der Waals surface area contributed by atoms with Gasteiger partial charge in [-0.05, 0) is 25.0 Å². The van der Waals surface area contributed by atoms with Crippen LogP contribution >= 0.6 is 0 Å². The van der Waals surface area contributed by atoms with Gasteiger partial charge in [0.25, 0.3) is 0 Å². The number of nitrogens with zero attached hydrogens (tertiary/aromatic N) is 2. The summed E-state index contributed by atoms with van der Waals surface area (Å²) in [6.45, 7) is 0. The Morgan fingerprint density at radius 2 is 2.28 bits per heavy atom. The van der Waals surface area contributed by atoms with Crippen LogP contribution in [0.4, 0.5) is 0 Å². The van der Waals surface area contributed by atoms with Crippen molar-refractivity contribution in [1.29, 1.82) is 0 Å². The van der Waals surface area contributed by atoms with E-state index in [4.69, 9.17) is 9.47 Å². The van der Waals surface area contributed by atoms with Crippen LogP contribution in [0.2, 0.25) is 0 Å². The fourth-order valence-corrected chi connectivity index (χ4v) is 2.10. The molecule has 1 aromatic heterocycles. The molecule has 0 saturated carbocycles. The van der Waals surface area contributed by atoms with Crippen molar-refractivity contribution in [2.45, 2.75) is 24.9 Å². The number of aliphatic imine (C=N–C) groups is 1. The Kier molecular flexibility index (Phi) is 4.10. The van der Waals surface area contributed by atoms with Crippen LogP contribution in [-0.4, -0.2) is 31.0 Å². The topological polar surface area (TPSA) is 43.7 Å². The molecule has 0 aliphatic carbocycles. The molecule has 1 atom stereocenters. The Balaban J connectivity index is 2.06. The minimum atomic E-state index is -0.247. The molecule has 1 unspecified atom stereocenters. The SMILES string of the molecule is COc1ccncc1CCC1(OC)C=CN=CC1. The quantitative estimate of drug-likeness (QED) is 0.801. The molecule has 2 heterocycles. The van der Waals surface area contributed by atoms with Gasteiger partial charge in [-0.2, -0.15) is 0 Å². The van der Waals surface area contributed by atoms with Crippen LogP contribution in [0.3, 0.4) is 0 Å². The lowest BCUT2D eigenvalue weighted by atomic mass is 9.91. The van der Waals surface area contributed by atoms with Crippen molar-refractivity contribution in [3.8, 4) is 5.75 Å². The third kappa shape index (κ3) is 2.76. The lowest BCUT2D eigenvalue weighted by Crippen LogP contribution is -2.31. The van der Waals surface area contributed by atoms with Crippen LogP contribution in [0.25, 0.3) is 0 Å². The Bertz CT molecular complexity index is 457. The number of aromatic nitrogens is 1. The second kappa shape index (κ2) is 5.78. The van der Waals surface area contributed by atoms with Crippen LogP contribution < -0.4 is 4.74 Å². The standard InChI is InChI=1S/C14H18N2O2/c1-17-13-4-8-16-11-12(13)3-5-14(18-2)6-9-15-10-7-14/h4,6,8-11H,3,5,7H2,1-2H3. The van der Waals surface area contributed by atoms with Crippen molar-refractivity contribution in [2.75, 3.05) is 14.2 Å². The van der Waals surface area contributed by atoms with Gasteiger partial charge in [-0.3, -0.25) is 9.98 Å². The minimum absolute atomic E-state index is 0.247. The van der Waals surface area contributed by atoms with Crippen LogP contribution in [-0.2, 0) is 11.2 Å². The van der Waals surface area contributed by atoms with Crippen molar-refractivity contribution in [3.63, 3.8) is 0 Å². The van der Waals surface area contributed by atoms with E-state index in [1.54, 1.807) is 26.6 Å². The first-order valence-electron chi connectivity index (χ1n) is 6.01. The smallest absolute Gasteiger partial charge is 0.125 e. The Hall–Kier alpha value is -1.68. The van der Waals surface area contributed by atoms with Gasteiger partial charge in [0.1, 0.15) is 5.75 Å². The minimum Gasteiger partial charge on any atom is -0.496 e. The molecular formula is C14H18N2O2. The molecule has 0 spiro atoms. The maximum Gasteiger partial charge on any atom is 0.125 e. The molecule has 1 aliphatic heterocycles. The van der Waals surface area contributed by atoms with Crippen LogP contribution in [0.5, 0.6) is 5.75 Å². The van der Waals surface area contributed by atoms with Crippen LogP contribution in [0.1, 0.15) is 18.4 Å². The van der Waals surface area contributed by atoms with Gasteiger partial charge in [-0.15, -0.1) is 0 Å². The largest absolute Gasteiger partial charge is 0.496 e. The molecule has 96 valence electrons. The maximum absolute atomic E-state index is 5.63. The van der Waals surface area contributed by atoms with Crippen molar-refractivity contribution < 1.29 is 9.47 Å². The van der Waals surface area contributed by atoms with Crippen LogP contribution in [0, 0.1) is 0 Å². The summed E-state index contributed by atoms with van der Waals surface area (Å²) in [5.74, 6) is 0.879. The fourth-order valence-electron chi connectivity index (χ4n) is 2.10. The van der Waals surface area contributed by atoms with Gasteiger partial charge in [0.2, 0.25) is 0 Å². The highest BCUT2D eigenvalue weighted by Gasteiger charge is 2.27. The molecule has 0 N–H and O–H groups in total. The van der Waals surface area contributed by atoms with Crippen molar-refractivity contribution in [3.05, 3.63) is 36.3 Å². The fraction of sp³-hybridized carbons (Fsp3) is 0.429. The zero-order valence-electron chi connectivity index (χ0n) is 10.8. The monoisotopic (exact) mass is 246 g/mol. The van der Waals surface area contributed by atoms with Crippen molar-refractivity contribution in [1.82, 2.24) is 4.98 Å². The number of hydrogen-bond acceptors (Lipinski definition) is 4. The zero-order chi connectivity index (χ0) is 12.8. The Morgan fingerprint density at radius 3 is 2.94 bits per heavy atom. The number of hydrogen-bond donors (Lipinski definition) is 0. The molecule has 0 saturated heterocycles. The molecule has 0 radical (unpaired) electrons. The maximum atomic E-state index is 5.63. The average molecular weight is 246 g/mol. The first-order chi connectivity index (χ1) is 8.79. The summed E-state index contributed by atoms with van der Waals surface area (Å²) in [4.78, 5) is 8.23. The molecule has 18 heavy (non-hydrogen) atoms. The number of pyridine rings is 1. The number of aryl methyl sites for hydroxylation is 1. The molecule has 4 heteroatoms. The third-order valence-corrected chi connectivity index (χ3v) is 3.31. The lowest BCUT2D eigenvalue weighted by Gasteiger charge is -2.29. The molecule has 1 aliphatic rings. The van der Waals surface area contributed by atoms with E-state index in [-0.39, 0.29) is 5.60 Å². The summed E-state index contributed by atoms with van der Waals surface area (Å²) in [6, 6.07) is 1.88. The highest BCUT2D eigenvalue weighted by molar-refractivity contribution is 5.62. The van der Waals surface area contributed by atoms with E-state index >= 15 is 0 Å². The highest BCUT2D eigenvalue weighted by atomic mass is 16.5. The number of methoxy groups -OCH3 is 2. The normalized spacial score (nSPS) is 22.1. The molecule has 0 aromatic carbocycles. The van der Waals surface area contributed by atoms with E-state index in [9.17, 15) is 0 Å². The van der Waals surface area contributed by atoms with Crippen molar-refractivity contribution in [2.24, 2.45) is 4.99 Å². The second-order valence-electron chi connectivity index (χ2n) is 4.31. The molecule has 0 amide bonds. The predicted molar refractivity (Wildman–Crippen MR) is 71.1 cm³/mol. The van der Waals surface area contributed by atoms with E-state index < -0.39 is 0 Å². The first-order valence-corrected chi connectivity index (χ1v) is 6.01. The van der Waals surface area contributed by atoms with E-state index in [2.05, 4.69) is 9.98 Å². The molecule has 1 aromatic rings. The predicted octanol–water partition coefficient (Wildman–Crippen LogP) is 2.40. The van der Waals surface area contributed by atoms with Crippen molar-refractivity contribution >= 4 is 6.21 Å². The summed E-state index contributed by atoms with van der Waals surface area (Å²) in [5.41, 5.74) is 0.857. The Labute approximate surface area is 107 Å². The summed E-state index contributed by atoms with van der Waals surface area (Å²) in [5, 5.41) is 0. The van der Waals surface area contributed by atoms with Gasteiger partial charge in [0.05, 0.1) is 12.7 Å². The summed E-state index contributed by atoms with van der Waals surface area (Å²) in [7, 11) is 3.42. The first kappa shape index (κ1) is 12.8. The van der Waals surface area contributed by atoms with Gasteiger partial charge in [-0.1, -0.05) is 0 Å². The Morgan fingerprint density at radius 1 is 1.39 bits per heavy atom. The molecular weight excluding hydrogens is 228 g/mol. The van der Waals surface area contributed by atoms with E-state index in [0.717, 1.165) is 30.6 Å². The third-order valence-electron chi connectivity index (χ3n) is 3.31. The average Bonchev–Trinajstić information content (AvgIpc) is 2.46. The lowest BCUT2D eigenvalue weighted by molar-refractivity contribution is 0.0311. The number of rotatable bonds is 5. The highest BCUT2D eigenvalue weighted by Crippen LogP contribution is 2.27. The summed E-state index contributed by atoms with van der Waals surface area (Å²) >= 11 is 0. The van der Waals surface area contributed by atoms with Gasteiger partial charge in [0, 0.05) is 43.9 Å². The molecule has 0 fully saturated rings. The zero-order valence-corrected chi connectivity index (χ0v) is 10.8. The van der Waals surface area contributed by atoms with Gasteiger partial charge < -0.3 is 9.47 Å². The molecule has 0 bridgehead atoms. The number of ether oxygens (including phenoxy) is 2. The van der Waals surface area contributed by atoms with E-state index in [0.29, 0.717) is 0 Å². The molecule has 2 rings (SSSR count). The van der Waals surface area contributed by atoms with E-state index in [1.807, 2.05) is 24.6 Å².